The van der Waals surface area contributed by atoms with Crippen LogP contribution in [0.5, 0.6) is 0 Å². The van der Waals surface area contributed by atoms with Crippen LogP contribution < -0.4 is 0 Å². The molecule has 1 aliphatic heterocycles. The maximum absolute atomic E-state index is 11.0. The minimum Gasteiger partial charge on any atom is -0.481 e. The smallest absolute Gasteiger partial charge is 0.312 e. The number of aryl methyl sites for hydroxylation is 1. The van der Waals surface area contributed by atoms with Crippen LogP contribution in [0.25, 0.3) is 0 Å². The van der Waals surface area contributed by atoms with E-state index in [0.29, 0.717) is 13.0 Å². The molecule has 15 heavy (non-hydrogen) atoms. The molecule has 0 aromatic carbocycles. The number of rotatable bonds is 3. The van der Waals surface area contributed by atoms with Crippen molar-refractivity contribution in [3.05, 3.63) is 17.7 Å². The minimum atomic E-state index is -0.741. The van der Waals surface area contributed by atoms with Crippen LogP contribution in [-0.2, 0) is 17.9 Å². The second-order valence-corrected chi connectivity index (χ2v) is 4.19. The molecule has 0 spiro atoms. The average molecular weight is 209 g/mol. The Morgan fingerprint density at radius 1 is 1.73 bits per heavy atom. The zero-order chi connectivity index (χ0) is 11.0. The fourth-order valence-electron chi connectivity index (χ4n) is 2.08. The van der Waals surface area contributed by atoms with Gasteiger partial charge in [0.2, 0.25) is 0 Å². The summed E-state index contributed by atoms with van der Waals surface area (Å²) in [6, 6.07) is 0. The van der Waals surface area contributed by atoms with Crippen molar-refractivity contribution in [1.29, 1.82) is 0 Å². The molecule has 1 N–H and O–H groups in total. The van der Waals surface area contributed by atoms with E-state index in [0.717, 1.165) is 17.9 Å². The summed E-state index contributed by atoms with van der Waals surface area (Å²) in [5, 5.41) is 9.08. The van der Waals surface area contributed by atoms with Crippen LogP contribution >= 0.6 is 0 Å². The average Bonchev–Trinajstić information content (AvgIpc) is 2.66. The van der Waals surface area contributed by atoms with Gasteiger partial charge in [-0.15, -0.1) is 0 Å². The second kappa shape index (κ2) is 3.66. The van der Waals surface area contributed by atoms with Crippen molar-refractivity contribution in [2.24, 2.45) is 0 Å². The van der Waals surface area contributed by atoms with Gasteiger partial charge < -0.3 is 14.6 Å². The lowest BCUT2D eigenvalue weighted by Crippen LogP contribution is -2.16. The van der Waals surface area contributed by atoms with Crippen molar-refractivity contribution in [1.82, 2.24) is 14.5 Å². The van der Waals surface area contributed by atoms with Crippen molar-refractivity contribution < 1.29 is 9.90 Å². The quantitative estimate of drug-likeness (QED) is 0.788. The van der Waals surface area contributed by atoms with Crippen molar-refractivity contribution in [3.63, 3.8) is 0 Å². The number of carboxylic acid groups (broad SMARTS) is 1. The summed E-state index contributed by atoms with van der Waals surface area (Å²) in [5.74, 6) is -1.11. The summed E-state index contributed by atoms with van der Waals surface area (Å²) in [4.78, 5) is 17.3. The number of hydrogen-bond acceptors (Lipinski definition) is 3. The van der Waals surface area contributed by atoms with E-state index in [9.17, 15) is 4.79 Å². The van der Waals surface area contributed by atoms with E-state index in [-0.39, 0.29) is 5.92 Å². The van der Waals surface area contributed by atoms with Crippen molar-refractivity contribution in [3.8, 4) is 0 Å². The van der Waals surface area contributed by atoms with Gasteiger partial charge in [-0.3, -0.25) is 4.79 Å². The number of carboxylic acids is 1. The van der Waals surface area contributed by atoms with Gasteiger partial charge in [-0.2, -0.15) is 0 Å². The first-order valence-electron chi connectivity index (χ1n) is 5.01. The molecular formula is C10H15N3O2. The summed E-state index contributed by atoms with van der Waals surface area (Å²) in [6.07, 6.45) is 2.44. The van der Waals surface area contributed by atoms with Crippen LogP contribution in [-0.4, -0.2) is 39.6 Å². The fraction of sp³-hybridized carbons (Fsp3) is 0.600. The Hall–Kier alpha value is -1.36. The molecule has 1 aromatic heterocycles. The highest BCUT2D eigenvalue weighted by molar-refractivity contribution is 5.76. The monoisotopic (exact) mass is 209 g/mol. The predicted octanol–water partition coefficient (Wildman–Crippen LogP) is 0.517. The molecule has 5 nitrogen and oxygen atoms in total. The van der Waals surface area contributed by atoms with Crippen LogP contribution in [0.15, 0.2) is 6.33 Å². The van der Waals surface area contributed by atoms with E-state index >= 15 is 0 Å². The maximum atomic E-state index is 11.0. The third-order valence-corrected chi connectivity index (χ3v) is 2.71. The summed E-state index contributed by atoms with van der Waals surface area (Å²) in [6.45, 7) is 1.47. The molecule has 1 atom stereocenters. The highest BCUT2D eigenvalue weighted by atomic mass is 16.4. The summed E-state index contributed by atoms with van der Waals surface area (Å²) < 4.78 is 1.96. The Kier molecular flexibility index (Phi) is 2.48. The molecular weight excluding hydrogens is 194 g/mol. The lowest BCUT2D eigenvalue weighted by Gasteiger charge is -2.10. The summed E-state index contributed by atoms with van der Waals surface area (Å²) in [7, 11) is 3.91. The summed E-state index contributed by atoms with van der Waals surface area (Å²) in [5.41, 5.74) is 1.78. The summed E-state index contributed by atoms with van der Waals surface area (Å²) >= 11 is 0. The molecule has 1 aliphatic rings. The van der Waals surface area contributed by atoms with E-state index in [1.165, 1.54) is 0 Å². The molecule has 0 bridgehead atoms. The number of aromatic nitrogens is 2. The van der Waals surface area contributed by atoms with E-state index in [1.807, 2.05) is 23.6 Å². The number of nitrogens with zero attached hydrogens (tertiary/aromatic N) is 3. The normalized spacial score (nSPS) is 19.5. The van der Waals surface area contributed by atoms with Gasteiger partial charge in [0, 0.05) is 13.1 Å². The van der Waals surface area contributed by atoms with Gasteiger partial charge in [0.05, 0.1) is 17.7 Å². The molecule has 1 unspecified atom stereocenters. The standard InChI is InChI=1S/C10H15N3O2/c1-12(2)5-8-9-7(10(14)15)3-4-13(9)6-11-8/h6-7H,3-5H2,1-2H3,(H,14,15). The van der Waals surface area contributed by atoms with Crippen LogP contribution in [0, 0.1) is 0 Å². The maximum Gasteiger partial charge on any atom is 0.312 e. The van der Waals surface area contributed by atoms with Gasteiger partial charge >= 0.3 is 5.97 Å². The molecule has 0 saturated carbocycles. The third kappa shape index (κ3) is 1.74. The van der Waals surface area contributed by atoms with Crippen molar-refractivity contribution >= 4 is 5.97 Å². The highest BCUT2D eigenvalue weighted by Crippen LogP contribution is 2.30. The van der Waals surface area contributed by atoms with Crippen LogP contribution in [0.4, 0.5) is 0 Å². The van der Waals surface area contributed by atoms with Crippen molar-refractivity contribution in [2.75, 3.05) is 14.1 Å². The van der Waals surface area contributed by atoms with E-state index < -0.39 is 5.97 Å². The van der Waals surface area contributed by atoms with Gasteiger partial charge in [0.1, 0.15) is 5.92 Å². The molecule has 5 heteroatoms. The number of imidazole rings is 1. The van der Waals surface area contributed by atoms with Crippen LogP contribution in [0.1, 0.15) is 23.7 Å². The number of hydrogen-bond donors (Lipinski definition) is 1. The van der Waals surface area contributed by atoms with Gasteiger partial charge in [0.25, 0.3) is 0 Å². The second-order valence-electron chi connectivity index (χ2n) is 4.19. The van der Waals surface area contributed by atoms with E-state index in [4.69, 9.17) is 5.11 Å². The Balaban J connectivity index is 2.32. The van der Waals surface area contributed by atoms with Gasteiger partial charge in [-0.05, 0) is 20.5 Å². The molecule has 0 saturated heterocycles. The van der Waals surface area contributed by atoms with Gasteiger partial charge in [0.15, 0.2) is 0 Å². The van der Waals surface area contributed by atoms with E-state index in [2.05, 4.69) is 4.98 Å². The lowest BCUT2D eigenvalue weighted by atomic mass is 10.0. The number of fused-ring (bicyclic) bond motifs is 1. The Morgan fingerprint density at radius 3 is 3.07 bits per heavy atom. The Bertz CT molecular complexity index is 384. The zero-order valence-electron chi connectivity index (χ0n) is 8.97. The van der Waals surface area contributed by atoms with Gasteiger partial charge in [-0.1, -0.05) is 0 Å². The molecule has 2 heterocycles. The van der Waals surface area contributed by atoms with Crippen molar-refractivity contribution in [2.45, 2.75) is 25.4 Å². The van der Waals surface area contributed by atoms with Gasteiger partial charge in [-0.25, -0.2) is 4.98 Å². The highest BCUT2D eigenvalue weighted by Gasteiger charge is 2.32. The Morgan fingerprint density at radius 2 is 2.47 bits per heavy atom. The number of carbonyl (C=O) groups is 1. The first-order chi connectivity index (χ1) is 7.09. The first kappa shape index (κ1) is 10.2. The molecule has 0 radical (unpaired) electrons. The fourth-order valence-corrected chi connectivity index (χ4v) is 2.08. The molecule has 2 rings (SSSR count). The molecule has 1 aromatic rings. The zero-order valence-corrected chi connectivity index (χ0v) is 8.97. The molecule has 0 aliphatic carbocycles. The SMILES string of the molecule is CN(C)Cc1ncn2c1C(C(=O)O)CC2. The molecule has 0 fully saturated rings. The van der Waals surface area contributed by atoms with E-state index in [1.54, 1.807) is 6.33 Å². The third-order valence-electron chi connectivity index (χ3n) is 2.71. The van der Waals surface area contributed by atoms with Crippen LogP contribution in [0.2, 0.25) is 0 Å². The lowest BCUT2D eigenvalue weighted by molar-refractivity contribution is -0.138. The number of aliphatic carboxylic acids is 1. The molecule has 82 valence electrons. The Labute approximate surface area is 88.3 Å². The predicted molar refractivity (Wildman–Crippen MR) is 54.6 cm³/mol. The molecule has 0 amide bonds. The largest absolute Gasteiger partial charge is 0.481 e. The minimum absolute atomic E-state index is 0.373. The topological polar surface area (TPSA) is 58.4 Å². The first-order valence-corrected chi connectivity index (χ1v) is 5.01. The van der Waals surface area contributed by atoms with Crippen LogP contribution in [0.3, 0.4) is 0 Å².